The van der Waals surface area contributed by atoms with Gasteiger partial charge in [-0.2, -0.15) is 0 Å². The van der Waals surface area contributed by atoms with Crippen molar-refractivity contribution in [3.05, 3.63) is 71.3 Å². The van der Waals surface area contributed by atoms with Crippen LogP contribution in [0, 0.1) is 0 Å². The van der Waals surface area contributed by atoms with Gasteiger partial charge in [-0.15, -0.1) is 0 Å². The van der Waals surface area contributed by atoms with E-state index in [9.17, 15) is 14.4 Å². The summed E-state index contributed by atoms with van der Waals surface area (Å²) in [6.45, 7) is -0.239. The van der Waals surface area contributed by atoms with Gasteiger partial charge in [0.2, 0.25) is 0 Å². The molecule has 0 aliphatic rings. The predicted octanol–water partition coefficient (Wildman–Crippen LogP) is 2.12. The molecule has 2 aromatic carbocycles. The van der Waals surface area contributed by atoms with Crippen LogP contribution in [0.15, 0.2) is 54.6 Å². The van der Waals surface area contributed by atoms with Crippen molar-refractivity contribution in [1.29, 1.82) is 0 Å². The van der Waals surface area contributed by atoms with E-state index < -0.39 is 18.4 Å². The molecule has 1 N–H and O–H groups in total. The number of amides is 2. The van der Waals surface area contributed by atoms with Crippen LogP contribution in [0.4, 0.5) is 0 Å². The lowest BCUT2D eigenvalue weighted by Crippen LogP contribution is -2.35. The van der Waals surface area contributed by atoms with Crippen LogP contribution >= 0.6 is 0 Å². The second-order valence-electron chi connectivity index (χ2n) is 5.82. The summed E-state index contributed by atoms with van der Waals surface area (Å²) >= 11 is 0. The van der Waals surface area contributed by atoms with Crippen molar-refractivity contribution in [1.82, 2.24) is 9.80 Å². The average molecular weight is 340 g/mol. The van der Waals surface area contributed by atoms with Crippen molar-refractivity contribution < 1.29 is 19.5 Å². The predicted molar refractivity (Wildman–Crippen MR) is 93.3 cm³/mol. The highest BCUT2D eigenvalue weighted by atomic mass is 16.4. The number of carbonyl (C=O) groups is 3. The fourth-order valence-corrected chi connectivity index (χ4v) is 2.39. The van der Waals surface area contributed by atoms with E-state index in [2.05, 4.69) is 0 Å². The monoisotopic (exact) mass is 340 g/mol. The molecule has 0 atom stereocenters. The number of benzene rings is 2. The molecular weight excluding hydrogens is 320 g/mol. The highest BCUT2D eigenvalue weighted by Gasteiger charge is 2.20. The second-order valence-corrected chi connectivity index (χ2v) is 5.82. The summed E-state index contributed by atoms with van der Waals surface area (Å²) in [4.78, 5) is 38.6. The zero-order chi connectivity index (χ0) is 18.4. The maximum atomic E-state index is 12.8. The number of nitrogens with zero attached hydrogens (tertiary/aromatic N) is 2. The van der Waals surface area contributed by atoms with E-state index in [1.807, 2.05) is 30.3 Å². The number of carbonyl (C=O) groups excluding carboxylic acids is 2. The van der Waals surface area contributed by atoms with Crippen molar-refractivity contribution in [2.24, 2.45) is 0 Å². The molecule has 0 aliphatic heterocycles. The molecule has 0 fully saturated rings. The molecule has 0 heterocycles. The van der Waals surface area contributed by atoms with Crippen LogP contribution in [0.5, 0.6) is 0 Å². The van der Waals surface area contributed by atoms with E-state index in [4.69, 9.17) is 5.11 Å². The third kappa shape index (κ3) is 4.91. The van der Waals surface area contributed by atoms with Gasteiger partial charge in [-0.05, 0) is 23.8 Å². The first-order chi connectivity index (χ1) is 11.9. The van der Waals surface area contributed by atoms with Gasteiger partial charge in [0.1, 0.15) is 6.54 Å². The zero-order valence-corrected chi connectivity index (χ0v) is 14.2. The van der Waals surface area contributed by atoms with Crippen LogP contribution in [0.2, 0.25) is 0 Å². The van der Waals surface area contributed by atoms with Crippen molar-refractivity contribution in [3.63, 3.8) is 0 Å². The average Bonchev–Trinajstić information content (AvgIpc) is 2.60. The Morgan fingerprint density at radius 3 is 2.04 bits per heavy atom. The van der Waals surface area contributed by atoms with Gasteiger partial charge in [0.25, 0.3) is 11.8 Å². The number of hydrogen-bond donors (Lipinski definition) is 1. The topological polar surface area (TPSA) is 77.9 Å². The van der Waals surface area contributed by atoms with Crippen LogP contribution in [0.25, 0.3) is 0 Å². The van der Waals surface area contributed by atoms with Gasteiger partial charge in [0.05, 0.1) is 0 Å². The van der Waals surface area contributed by atoms with Gasteiger partial charge in [-0.25, -0.2) is 0 Å². The molecule has 0 aliphatic carbocycles. The lowest BCUT2D eigenvalue weighted by atomic mass is 10.1. The molecule has 0 saturated carbocycles. The molecule has 2 amide bonds. The number of hydrogen-bond acceptors (Lipinski definition) is 3. The first kappa shape index (κ1) is 18.2. The molecule has 0 aromatic heterocycles. The van der Waals surface area contributed by atoms with Crippen molar-refractivity contribution in [2.45, 2.75) is 6.54 Å². The normalized spacial score (nSPS) is 10.2. The zero-order valence-electron chi connectivity index (χ0n) is 14.2. The van der Waals surface area contributed by atoms with Crippen molar-refractivity contribution in [3.8, 4) is 0 Å². The maximum absolute atomic E-state index is 12.8. The fourth-order valence-electron chi connectivity index (χ4n) is 2.39. The van der Waals surface area contributed by atoms with Gasteiger partial charge >= 0.3 is 5.97 Å². The summed E-state index contributed by atoms with van der Waals surface area (Å²) in [5.41, 5.74) is 1.49. The van der Waals surface area contributed by atoms with Crippen molar-refractivity contribution in [2.75, 3.05) is 20.6 Å². The molecule has 2 rings (SSSR count). The van der Waals surface area contributed by atoms with Gasteiger partial charge in [-0.1, -0.05) is 36.4 Å². The minimum Gasteiger partial charge on any atom is -0.480 e. The molecule has 0 spiro atoms. The summed E-state index contributed by atoms with van der Waals surface area (Å²) < 4.78 is 0. The quantitative estimate of drug-likeness (QED) is 0.874. The molecule has 2 aromatic rings. The van der Waals surface area contributed by atoms with E-state index in [1.165, 1.54) is 15.9 Å². The van der Waals surface area contributed by atoms with Crippen LogP contribution in [-0.4, -0.2) is 53.3 Å². The van der Waals surface area contributed by atoms with E-state index in [0.29, 0.717) is 5.56 Å². The molecule has 130 valence electrons. The minimum atomic E-state index is -1.09. The van der Waals surface area contributed by atoms with Crippen LogP contribution in [0.3, 0.4) is 0 Å². The summed E-state index contributed by atoms with van der Waals surface area (Å²) in [6.07, 6.45) is 0. The van der Waals surface area contributed by atoms with E-state index in [0.717, 1.165) is 5.56 Å². The Kier molecular flexibility index (Phi) is 5.89. The Balaban J connectivity index is 2.28. The summed E-state index contributed by atoms with van der Waals surface area (Å²) in [7, 11) is 3.26. The molecule has 0 bridgehead atoms. The molecule has 0 unspecified atom stereocenters. The lowest BCUT2D eigenvalue weighted by molar-refractivity contribution is -0.137. The Morgan fingerprint density at radius 2 is 1.48 bits per heavy atom. The fraction of sp³-hybridized carbons (Fsp3) is 0.211. The number of aliphatic carboxylic acids is 1. The first-order valence-corrected chi connectivity index (χ1v) is 7.75. The lowest BCUT2D eigenvalue weighted by Gasteiger charge is -2.21. The maximum Gasteiger partial charge on any atom is 0.323 e. The van der Waals surface area contributed by atoms with E-state index in [-0.39, 0.29) is 18.0 Å². The first-order valence-electron chi connectivity index (χ1n) is 7.75. The number of carboxylic acid groups (broad SMARTS) is 1. The summed E-state index contributed by atoms with van der Waals surface area (Å²) in [5.74, 6) is -1.74. The Bertz CT molecular complexity index is 772. The Labute approximate surface area is 146 Å². The van der Waals surface area contributed by atoms with E-state index >= 15 is 0 Å². The van der Waals surface area contributed by atoms with E-state index in [1.54, 1.807) is 32.3 Å². The van der Waals surface area contributed by atoms with Gasteiger partial charge < -0.3 is 14.9 Å². The second kappa shape index (κ2) is 8.10. The molecule has 25 heavy (non-hydrogen) atoms. The Hall–Kier alpha value is -3.15. The van der Waals surface area contributed by atoms with Crippen LogP contribution in [0.1, 0.15) is 26.3 Å². The molecule has 0 radical (unpaired) electrons. The highest BCUT2D eigenvalue weighted by Crippen LogP contribution is 2.13. The highest BCUT2D eigenvalue weighted by molar-refractivity contribution is 6.00. The van der Waals surface area contributed by atoms with Gasteiger partial charge in [0, 0.05) is 31.8 Å². The number of rotatable bonds is 6. The van der Waals surface area contributed by atoms with Crippen LogP contribution in [-0.2, 0) is 11.3 Å². The summed E-state index contributed by atoms with van der Waals surface area (Å²) in [5, 5.41) is 9.12. The molecular formula is C19H20N2O4. The largest absolute Gasteiger partial charge is 0.480 e. The Morgan fingerprint density at radius 1 is 0.880 bits per heavy atom. The molecule has 6 heteroatoms. The third-order valence-electron chi connectivity index (χ3n) is 3.59. The van der Waals surface area contributed by atoms with Crippen LogP contribution < -0.4 is 0 Å². The molecule has 0 saturated heterocycles. The third-order valence-corrected chi connectivity index (χ3v) is 3.59. The smallest absolute Gasteiger partial charge is 0.323 e. The molecule has 6 nitrogen and oxygen atoms in total. The minimum absolute atomic E-state index is 0.178. The van der Waals surface area contributed by atoms with Gasteiger partial charge in [0.15, 0.2) is 0 Å². The van der Waals surface area contributed by atoms with Gasteiger partial charge in [-0.3, -0.25) is 14.4 Å². The number of carboxylic acids is 1. The summed E-state index contributed by atoms with van der Waals surface area (Å²) in [6, 6.07) is 15.5. The standard InChI is InChI=1S/C19H20N2O4/c1-20(2)18(24)15-9-6-10-16(11-15)19(25)21(13-17(22)23)12-14-7-4-3-5-8-14/h3-11H,12-13H2,1-2H3,(H,22,23). The SMILES string of the molecule is CN(C)C(=O)c1cccc(C(=O)N(CC(=O)O)Cc2ccccc2)c1. The van der Waals surface area contributed by atoms with Crippen molar-refractivity contribution >= 4 is 17.8 Å².